The molecule has 108 valence electrons. The fourth-order valence-corrected chi connectivity index (χ4v) is 1.47. The van der Waals surface area contributed by atoms with Crippen molar-refractivity contribution in [1.82, 2.24) is 15.3 Å². The van der Waals surface area contributed by atoms with E-state index in [-0.39, 0.29) is 5.54 Å². The molecule has 0 amide bonds. The summed E-state index contributed by atoms with van der Waals surface area (Å²) in [6, 6.07) is 1.66. The van der Waals surface area contributed by atoms with Crippen molar-refractivity contribution >= 4 is 5.95 Å². The highest BCUT2D eigenvalue weighted by Crippen LogP contribution is 2.19. The summed E-state index contributed by atoms with van der Waals surface area (Å²) in [4.78, 5) is 10.6. The van der Waals surface area contributed by atoms with E-state index in [4.69, 9.17) is 9.47 Å². The molecule has 0 atom stereocenters. The standard InChI is InChI=1S/C13H24N4O2/c1-13(2,3)14-7-8-17(4)12-15-10(18-5)9-11(16-12)19-6/h9,14H,7-8H2,1-6H3. The van der Waals surface area contributed by atoms with E-state index in [9.17, 15) is 0 Å². The fraction of sp³-hybridized carbons (Fsp3) is 0.692. The van der Waals surface area contributed by atoms with Crippen molar-refractivity contribution in [3.05, 3.63) is 6.07 Å². The number of nitrogens with one attached hydrogen (secondary N) is 1. The minimum absolute atomic E-state index is 0.105. The Labute approximate surface area is 115 Å². The van der Waals surface area contributed by atoms with E-state index in [0.717, 1.165) is 13.1 Å². The topological polar surface area (TPSA) is 59.5 Å². The molecule has 0 fully saturated rings. The van der Waals surface area contributed by atoms with Gasteiger partial charge in [-0.15, -0.1) is 0 Å². The van der Waals surface area contributed by atoms with E-state index in [0.29, 0.717) is 17.7 Å². The van der Waals surface area contributed by atoms with Crippen LogP contribution in [0.3, 0.4) is 0 Å². The predicted molar refractivity (Wildman–Crippen MR) is 76.2 cm³/mol. The van der Waals surface area contributed by atoms with Gasteiger partial charge in [-0.25, -0.2) is 0 Å². The first-order valence-electron chi connectivity index (χ1n) is 6.29. The van der Waals surface area contributed by atoms with E-state index in [1.54, 1.807) is 20.3 Å². The molecule has 1 heterocycles. The molecule has 0 bridgehead atoms. The Kier molecular flexibility index (Phi) is 5.35. The zero-order valence-electron chi connectivity index (χ0n) is 12.6. The molecule has 0 aliphatic heterocycles. The van der Waals surface area contributed by atoms with Crippen LogP contribution in [0.2, 0.25) is 0 Å². The molecular formula is C13H24N4O2. The lowest BCUT2D eigenvalue weighted by Crippen LogP contribution is -2.40. The second kappa shape index (κ2) is 6.56. The maximum Gasteiger partial charge on any atom is 0.231 e. The van der Waals surface area contributed by atoms with Gasteiger partial charge in [0, 0.05) is 25.7 Å². The van der Waals surface area contributed by atoms with Crippen molar-refractivity contribution in [2.75, 3.05) is 39.3 Å². The van der Waals surface area contributed by atoms with E-state index >= 15 is 0 Å². The SMILES string of the molecule is COc1cc(OC)nc(N(C)CCNC(C)(C)C)n1. The van der Waals surface area contributed by atoms with E-state index in [2.05, 4.69) is 36.1 Å². The summed E-state index contributed by atoms with van der Waals surface area (Å²) in [6.45, 7) is 8.06. The number of aromatic nitrogens is 2. The van der Waals surface area contributed by atoms with Crippen LogP contribution in [0.1, 0.15) is 20.8 Å². The van der Waals surface area contributed by atoms with Crippen molar-refractivity contribution in [3.63, 3.8) is 0 Å². The molecule has 19 heavy (non-hydrogen) atoms. The van der Waals surface area contributed by atoms with Crippen LogP contribution in [0.25, 0.3) is 0 Å². The average Bonchev–Trinajstić information content (AvgIpc) is 2.36. The average molecular weight is 268 g/mol. The molecule has 0 aromatic carbocycles. The highest BCUT2D eigenvalue weighted by Gasteiger charge is 2.12. The van der Waals surface area contributed by atoms with Crippen LogP contribution in [-0.4, -0.2) is 49.9 Å². The molecule has 1 rings (SSSR count). The monoisotopic (exact) mass is 268 g/mol. The number of hydrogen-bond acceptors (Lipinski definition) is 6. The van der Waals surface area contributed by atoms with Crippen LogP contribution >= 0.6 is 0 Å². The van der Waals surface area contributed by atoms with Crippen LogP contribution < -0.4 is 19.7 Å². The minimum atomic E-state index is 0.105. The normalized spacial score (nSPS) is 11.3. The Bertz CT molecular complexity index is 382. The van der Waals surface area contributed by atoms with Crippen LogP contribution in [0.15, 0.2) is 6.07 Å². The first-order valence-corrected chi connectivity index (χ1v) is 6.29. The number of rotatable bonds is 6. The molecule has 1 N–H and O–H groups in total. The van der Waals surface area contributed by atoms with E-state index in [1.165, 1.54) is 0 Å². The summed E-state index contributed by atoms with van der Waals surface area (Å²) in [7, 11) is 5.10. The Morgan fingerprint density at radius 1 is 1.16 bits per heavy atom. The van der Waals surface area contributed by atoms with Crippen LogP contribution in [0.4, 0.5) is 5.95 Å². The fourth-order valence-electron chi connectivity index (χ4n) is 1.47. The Morgan fingerprint density at radius 2 is 1.68 bits per heavy atom. The molecule has 1 aromatic heterocycles. The Hall–Kier alpha value is -1.56. The Morgan fingerprint density at radius 3 is 2.11 bits per heavy atom. The molecular weight excluding hydrogens is 244 g/mol. The number of methoxy groups -OCH3 is 2. The van der Waals surface area contributed by atoms with Crippen molar-refractivity contribution in [1.29, 1.82) is 0 Å². The molecule has 0 unspecified atom stereocenters. The van der Waals surface area contributed by atoms with Gasteiger partial charge in [-0.2, -0.15) is 9.97 Å². The first-order chi connectivity index (χ1) is 8.85. The van der Waals surface area contributed by atoms with Gasteiger partial charge < -0.3 is 19.7 Å². The van der Waals surface area contributed by atoms with Gasteiger partial charge in [-0.05, 0) is 20.8 Å². The zero-order valence-corrected chi connectivity index (χ0v) is 12.6. The highest BCUT2D eigenvalue weighted by atomic mass is 16.5. The smallest absolute Gasteiger partial charge is 0.231 e. The lowest BCUT2D eigenvalue weighted by atomic mass is 10.1. The summed E-state index contributed by atoms with van der Waals surface area (Å²) < 4.78 is 10.3. The maximum atomic E-state index is 5.13. The van der Waals surface area contributed by atoms with Crippen LogP contribution in [-0.2, 0) is 0 Å². The predicted octanol–water partition coefficient (Wildman–Crippen LogP) is 1.32. The van der Waals surface area contributed by atoms with Crippen LogP contribution in [0, 0.1) is 0 Å². The maximum absolute atomic E-state index is 5.13. The lowest BCUT2D eigenvalue weighted by Gasteiger charge is -2.23. The minimum Gasteiger partial charge on any atom is -0.481 e. The molecule has 0 aliphatic rings. The second-order valence-electron chi connectivity index (χ2n) is 5.35. The summed E-state index contributed by atoms with van der Waals surface area (Å²) in [5, 5.41) is 3.42. The van der Waals surface area contributed by atoms with Gasteiger partial charge in [-0.3, -0.25) is 0 Å². The molecule has 6 nitrogen and oxygen atoms in total. The molecule has 1 aromatic rings. The first kappa shape index (κ1) is 15.5. The highest BCUT2D eigenvalue weighted by molar-refractivity contribution is 5.35. The Balaban J connectivity index is 2.68. The number of ether oxygens (including phenoxy) is 2. The molecule has 6 heteroatoms. The molecule has 0 radical (unpaired) electrons. The van der Waals surface area contributed by atoms with Crippen molar-refractivity contribution in [2.24, 2.45) is 0 Å². The van der Waals surface area contributed by atoms with Gasteiger partial charge in [0.1, 0.15) is 0 Å². The third-order valence-corrected chi connectivity index (χ3v) is 2.53. The quantitative estimate of drug-likeness (QED) is 0.839. The number of nitrogens with zero attached hydrogens (tertiary/aromatic N) is 3. The summed E-state index contributed by atoms with van der Waals surface area (Å²) in [6.07, 6.45) is 0. The third kappa shape index (κ3) is 5.30. The van der Waals surface area contributed by atoms with Crippen molar-refractivity contribution in [2.45, 2.75) is 26.3 Å². The molecule has 0 aliphatic carbocycles. The lowest BCUT2D eigenvalue weighted by molar-refractivity contribution is 0.371. The van der Waals surface area contributed by atoms with Gasteiger partial charge in [0.15, 0.2) is 0 Å². The van der Waals surface area contributed by atoms with Gasteiger partial charge >= 0.3 is 0 Å². The van der Waals surface area contributed by atoms with E-state index < -0.39 is 0 Å². The summed E-state index contributed by atoms with van der Waals surface area (Å²) in [5.74, 6) is 1.59. The summed E-state index contributed by atoms with van der Waals surface area (Å²) in [5.41, 5.74) is 0.105. The number of likely N-dealkylation sites (N-methyl/N-ethyl adjacent to an activating group) is 1. The number of hydrogen-bond donors (Lipinski definition) is 1. The second-order valence-corrected chi connectivity index (χ2v) is 5.35. The van der Waals surface area contributed by atoms with Crippen molar-refractivity contribution < 1.29 is 9.47 Å². The van der Waals surface area contributed by atoms with Gasteiger partial charge in [-0.1, -0.05) is 0 Å². The zero-order chi connectivity index (χ0) is 14.5. The largest absolute Gasteiger partial charge is 0.481 e. The molecule has 0 saturated heterocycles. The van der Waals surface area contributed by atoms with Gasteiger partial charge in [0.05, 0.1) is 20.3 Å². The van der Waals surface area contributed by atoms with E-state index in [1.807, 2.05) is 11.9 Å². The number of anilines is 1. The third-order valence-electron chi connectivity index (χ3n) is 2.53. The van der Waals surface area contributed by atoms with Gasteiger partial charge in [0.2, 0.25) is 17.7 Å². The molecule has 0 saturated carbocycles. The van der Waals surface area contributed by atoms with Gasteiger partial charge in [0.25, 0.3) is 0 Å². The van der Waals surface area contributed by atoms with Crippen molar-refractivity contribution in [3.8, 4) is 11.8 Å². The van der Waals surface area contributed by atoms with Crippen LogP contribution in [0.5, 0.6) is 11.8 Å². The molecule has 0 spiro atoms. The summed E-state index contributed by atoms with van der Waals surface area (Å²) >= 11 is 0.